The number of amides is 1. The molecule has 5 heteroatoms. The van der Waals surface area contributed by atoms with Crippen LogP contribution < -0.4 is 10.6 Å². The molecule has 0 unspecified atom stereocenters. The Morgan fingerprint density at radius 3 is 2.33 bits per heavy atom. The SMILES string of the molecule is O=C(CNCc1ccccc1)Nc1nc2c(s1)CCCCCCCCCC2. The number of thiazole rings is 1. The maximum absolute atomic E-state index is 12.2. The van der Waals surface area contributed by atoms with E-state index in [0.717, 1.165) is 18.0 Å². The van der Waals surface area contributed by atoms with Gasteiger partial charge in [-0.3, -0.25) is 4.79 Å². The molecule has 1 aromatic carbocycles. The van der Waals surface area contributed by atoms with Crippen molar-refractivity contribution in [1.29, 1.82) is 0 Å². The molecule has 0 aliphatic heterocycles. The number of nitrogens with one attached hydrogen (secondary N) is 2. The average molecular weight is 386 g/mol. The quantitative estimate of drug-likeness (QED) is 0.754. The Kier molecular flexibility index (Phi) is 8.31. The molecule has 1 heterocycles. The van der Waals surface area contributed by atoms with Crippen LogP contribution >= 0.6 is 11.3 Å². The molecule has 0 spiro atoms. The van der Waals surface area contributed by atoms with E-state index in [4.69, 9.17) is 4.98 Å². The molecule has 1 aromatic heterocycles. The summed E-state index contributed by atoms with van der Waals surface area (Å²) < 4.78 is 0. The summed E-state index contributed by atoms with van der Waals surface area (Å²) in [7, 11) is 0. The predicted octanol–water partition coefficient (Wildman–Crippen LogP) is 5.09. The minimum atomic E-state index is -0.0179. The van der Waals surface area contributed by atoms with Gasteiger partial charge in [0.1, 0.15) is 0 Å². The third-order valence-corrected chi connectivity index (χ3v) is 6.12. The summed E-state index contributed by atoms with van der Waals surface area (Å²) in [4.78, 5) is 18.4. The molecule has 0 atom stereocenters. The normalized spacial score (nSPS) is 16.0. The lowest BCUT2D eigenvalue weighted by Crippen LogP contribution is -2.27. The number of hydrogen-bond acceptors (Lipinski definition) is 4. The number of hydrogen-bond donors (Lipinski definition) is 2. The van der Waals surface area contributed by atoms with E-state index >= 15 is 0 Å². The van der Waals surface area contributed by atoms with Gasteiger partial charge in [0.15, 0.2) is 5.13 Å². The maximum atomic E-state index is 12.2. The van der Waals surface area contributed by atoms with E-state index in [1.807, 2.05) is 18.2 Å². The summed E-state index contributed by atoms with van der Waals surface area (Å²) in [5.74, 6) is -0.0179. The molecule has 1 aliphatic carbocycles. The monoisotopic (exact) mass is 385 g/mol. The van der Waals surface area contributed by atoms with Crippen molar-refractivity contribution < 1.29 is 4.79 Å². The highest BCUT2D eigenvalue weighted by Gasteiger charge is 2.13. The molecular formula is C22H31N3OS. The van der Waals surface area contributed by atoms with Crippen molar-refractivity contribution in [2.75, 3.05) is 11.9 Å². The number of carbonyl (C=O) groups excluding carboxylic acids is 1. The number of fused-ring (bicyclic) bond motifs is 1. The molecule has 1 aliphatic rings. The first-order chi connectivity index (χ1) is 13.3. The fourth-order valence-electron chi connectivity index (χ4n) is 3.55. The third-order valence-electron chi connectivity index (χ3n) is 5.05. The van der Waals surface area contributed by atoms with Crippen LogP contribution in [0.25, 0.3) is 0 Å². The van der Waals surface area contributed by atoms with Gasteiger partial charge in [-0.1, -0.05) is 68.9 Å². The van der Waals surface area contributed by atoms with Crippen molar-refractivity contribution in [3.05, 3.63) is 46.5 Å². The van der Waals surface area contributed by atoms with Crippen molar-refractivity contribution in [3.8, 4) is 0 Å². The smallest absolute Gasteiger partial charge is 0.240 e. The maximum Gasteiger partial charge on any atom is 0.240 e. The van der Waals surface area contributed by atoms with Crippen molar-refractivity contribution in [1.82, 2.24) is 10.3 Å². The molecule has 3 rings (SSSR count). The van der Waals surface area contributed by atoms with Crippen LogP contribution in [0.15, 0.2) is 30.3 Å². The Balaban J connectivity index is 1.50. The fourth-order valence-corrected chi connectivity index (χ4v) is 4.61. The molecule has 0 radical (unpaired) electrons. The number of aromatic nitrogens is 1. The van der Waals surface area contributed by atoms with Crippen molar-refractivity contribution in [3.63, 3.8) is 0 Å². The number of anilines is 1. The number of aryl methyl sites for hydroxylation is 2. The highest BCUT2D eigenvalue weighted by molar-refractivity contribution is 7.15. The van der Waals surface area contributed by atoms with Gasteiger partial charge >= 0.3 is 0 Å². The number of carbonyl (C=O) groups is 1. The van der Waals surface area contributed by atoms with Crippen LogP contribution in [0.1, 0.15) is 67.5 Å². The van der Waals surface area contributed by atoms with Gasteiger partial charge in [0.25, 0.3) is 0 Å². The van der Waals surface area contributed by atoms with Gasteiger partial charge in [-0.2, -0.15) is 0 Å². The lowest BCUT2D eigenvalue weighted by atomic mass is 10.0. The van der Waals surface area contributed by atoms with E-state index in [1.165, 1.54) is 67.5 Å². The number of benzene rings is 1. The second-order valence-electron chi connectivity index (χ2n) is 7.35. The summed E-state index contributed by atoms with van der Waals surface area (Å²) >= 11 is 1.67. The Morgan fingerprint density at radius 1 is 0.926 bits per heavy atom. The van der Waals surface area contributed by atoms with Crippen molar-refractivity contribution in [2.24, 2.45) is 0 Å². The van der Waals surface area contributed by atoms with E-state index in [2.05, 4.69) is 22.8 Å². The first kappa shape index (κ1) is 20.0. The Bertz CT molecular complexity index is 669. The van der Waals surface area contributed by atoms with Gasteiger partial charge in [0.05, 0.1) is 12.2 Å². The molecule has 1 amide bonds. The van der Waals surface area contributed by atoms with E-state index in [0.29, 0.717) is 13.1 Å². The second kappa shape index (κ2) is 11.2. The standard InChI is InChI=1S/C22H31N3OS/c26-21(17-23-16-18-12-8-7-9-13-18)25-22-24-19-14-10-5-3-1-2-4-6-11-15-20(19)27-22/h7-9,12-13,23H,1-6,10-11,14-17H2,(H,24,25,26). The summed E-state index contributed by atoms with van der Waals surface area (Å²) in [5, 5.41) is 6.95. The molecule has 4 nitrogen and oxygen atoms in total. The van der Waals surface area contributed by atoms with Crippen LogP contribution in [0, 0.1) is 0 Å². The summed E-state index contributed by atoms with van der Waals surface area (Å²) in [6.45, 7) is 1.00. The van der Waals surface area contributed by atoms with E-state index in [-0.39, 0.29) is 5.91 Å². The summed E-state index contributed by atoms with van der Waals surface area (Å²) in [6, 6.07) is 10.1. The Labute approximate surface area is 166 Å². The highest BCUT2D eigenvalue weighted by Crippen LogP contribution is 2.27. The Morgan fingerprint density at radius 2 is 1.59 bits per heavy atom. The first-order valence-corrected chi connectivity index (χ1v) is 11.2. The molecule has 146 valence electrons. The van der Waals surface area contributed by atoms with E-state index < -0.39 is 0 Å². The van der Waals surface area contributed by atoms with Gasteiger partial charge in [-0.25, -0.2) is 4.98 Å². The van der Waals surface area contributed by atoms with Gasteiger partial charge in [0.2, 0.25) is 5.91 Å². The molecular weight excluding hydrogens is 354 g/mol. The second-order valence-corrected chi connectivity index (χ2v) is 8.44. The molecule has 0 fully saturated rings. The van der Waals surface area contributed by atoms with E-state index in [1.54, 1.807) is 11.3 Å². The van der Waals surface area contributed by atoms with Gasteiger partial charge in [0, 0.05) is 11.4 Å². The zero-order valence-corrected chi connectivity index (χ0v) is 17.0. The van der Waals surface area contributed by atoms with Gasteiger partial charge in [-0.05, 0) is 31.2 Å². The topological polar surface area (TPSA) is 54.0 Å². The summed E-state index contributed by atoms with van der Waals surface area (Å²) in [6.07, 6.45) is 12.7. The fraction of sp³-hybridized carbons (Fsp3) is 0.545. The zero-order chi connectivity index (χ0) is 18.7. The molecule has 27 heavy (non-hydrogen) atoms. The van der Waals surface area contributed by atoms with Crippen molar-refractivity contribution in [2.45, 2.75) is 70.8 Å². The number of rotatable bonds is 5. The lowest BCUT2D eigenvalue weighted by Gasteiger charge is -2.06. The van der Waals surface area contributed by atoms with Gasteiger partial charge < -0.3 is 10.6 Å². The highest BCUT2D eigenvalue weighted by atomic mass is 32.1. The largest absolute Gasteiger partial charge is 0.304 e. The third kappa shape index (κ3) is 7.07. The first-order valence-electron chi connectivity index (χ1n) is 10.3. The molecule has 0 saturated carbocycles. The molecule has 0 saturated heterocycles. The molecule has 2 N–H and O–H groups in total. The molecule has 0 bridgehead atoms. The zero-order valence-electron chi connectivity index (χ0n) is 16.1. The van der Waals surface area contributed by atoms with Gasteiger partial charge in [-0.15, -0.1) is 11.3 Å². The van der Waals surface area contributed by atoms with E-state index in [9.17, 15) is 4.79 Å². The van der Waals surface area contributed by atoms with Crippen molar-refractivity contribution >= 4 is 22.4 Å². The predicted molar refractivity (Wildman–Crippen MR) is 113 cm³/mol. The average Bonchev–Trinajstić information content (AvgIpc) is 3.04. The van der Waals surface area contributed by atoms with Crippen LogP contribution in [-0.2, 0) is 24.2 Å². The van der Waals surface area contributed by atoms with Crippen LogP contribution in [0.2, 0.25) is 0 Å². The lowest BCUT2D eigenvalue weighted by molar-refractivity contribution is -0.115. The minimum Gasteiger partial charge on any atom is -0.304 e. The van der Waals surface area contributed by atoms with Crippen LogP contribution in [0.4, 0.5) is 5.13 Å². The number of nitrogens with zero attached hydrogens (tertiary/aromatic N) is 1. The van der Waals surface area contributed by atoms with Crippen LogP contribution in [0.5, 0.6) is 0 Å². The molecule has 2 aromatic rings. The Hall–Kier alpha value is -1.72. The summed E-state index contributed by atoms with van der Waals surface area (Å²) in [5.41, 5.74) is 2.40. The minimum absolute atomic E-state index is 0.0179. The van der Waals surface area contributed by atoms with Crippen LogP contribution in [-0.4, -0.2) is 17.4 Å². The van der Waals surface area contributed by atoms with Crippen LogP contribution in [0.3, 0.4) is 0 Å².